The Kier molecular flexibility index (Phi) is 1.53. The highest BCUT2D eigenvalue weighted by Gasteiger charge is 2.01. The molecule has 0 spiro atoms. The molecule has 0 unspecified atom stereocenters. The maximum atomic E-state index is 10.1. The van der Waals surface area contributed by atoms with Gasteiger partial charge in [-0.05, 0) is 0 Å². The summed E-state index contributed by atoms with van der Waals surface area (Å²) >= 11 is 0. The van der Waals surface area contributed by atoms with E-state index in [1.54, 1.807) is 6.07 Å². The number of methoxy groups -OCH3 is 1. The van der Waals surface area contributed by atoms with Crippen LogP contribution in [0.15, 0.2) is 16.7 Å². The summed E-state index contributed by atoms with van der Waals surface area (Å²) in [6.07, 6.45) is 2.02. The van der Waals surface area contributed by atoms with Crippen LogP contribution in [0.5, 0.6) is 5.75 Å². The summed E-state index contributed by atoms with van der Waals surface area (Å²) in [5, 5.41) is 0. The van der Waals surface area contributed by atoms with Gasteiger partial charge in [0.2, 0.25) is 5.76 Å². The second-order valence-electron chi connectivity index (χ2n) is 1.47. The minimum absolute atomic E-state index is 0.234. The van der Waals surface area contributed by atoms with Crippen LogP contribution in [0, 0.1) is 0 Å². The van der Waals surface area contributed by atoms with Gasteiger partial charge in [0.1, 0.15) is 0 Å². The first-order chi connectivity index (χ1) is 4.38. The molecule has 0 saturated carbocycles. The number of aldehydes is 1. The molecule has 0 fully saturated rings. The molecule has 0 atom stereocenters. The van der Waals surface area contributed by atoms with Crippen LogP contribution in [0.25, 0.3) is 0 Å². The predicted molar refractivity (Wildman–Crippen MR) is 30.6 cm³/mol. The zero-order valence-corrected chi connectivity index (χ0v) is 4.96. The van der Waals surface area contributed by atoms with E-state index in [0.29, 0.717) is 12.0 Å². The topological polar surface area (TPSA) is 39.4 Å². The van der Waals surface area contributed by atoms with Crippen molar-refractivity contribution in [2.45, 2.75) is 0 Å². The highest BCUT2D eigenvalue weighted by molar-refractivity contribution is 5.74. The van der Waals surface area contributed by atoms with Gasteiger partial charge in [0.25, 0.3) is 0 Å². The van der Waals surface area contributed by atoms with Gasteiger partial charge in [0.15, 0.2) is 12.0 Å². The van der Waals surface area contributed by atoms with Crippen LogP contribution in [-0.2, 0) is 0 Å². The molecule has 1 heterocycles. The minimum Gasteiger partial charge on any atom is -0.493 e. The summed E-state index contributed by atoms with van der Waals surface area (Å²) in [5.41, 5.74) is 0. The lowest BCUT2D eigenvalue weighted by Crippen LogP contribution is -1.83. The first-order valence-corrected chi connectivity index (χ1v) is 2.45. The van der Waals surface area contributed by atoms with Gasteiger partial charge in [0.05, 0.1) is 13.4 Å². The van der Waals surface area contributed by atoms with Gasteiger partial charge in [-0.1, -0.05) is 0 Å². The van der Waals surface area contributed by atoms with Crippen molar-refractivity contribution in [1.29, 1.82) is 0 Å². The molecule has 0 aliphatic heterocycles. The van der Waals surface area contributed by atoms with E-state index in [2.05, 4.69) is 0 Å². The van der Waals surface area contributed by atoms with Crippen molar-refractivity contribution in [2.24, 2.45) is 0 Å². The van der Waals surface area contributed by atoms with Crippen LogP contribution in [0.2, 0.25) is 0 Å². The second-order valence-corrected chi connectivity index (χ2v) is 1.47. The Hall–Kier alpha value is -1.25. The van der Waals surface area contributed by atoms with Crippen LogP contribution < -0.4 is 4.74 Å². The summed E-state index contributed by atoms with van der Waals surface area (Å²) in [7, 11) is 1.48. The Morgan fingerprint density at radius 1 is 1.78 bits per heavy atom. The van der Waals surface area contributed by atoms with Crippen LogP contribution >= 0.6 is 0 Å². The summed E-state index contributed by atoms with van der Waals surface area (Å²) in [6.45, 7) is 0. The molecule has 3 heteroatoms. The smallest absolute Gasteiger partial charge is 0.208 e. The molecule has 1 rings (SSSR count). The predicted octanol–water partition coefficient (Wildman–Crippen LogP) is 1.10. The third kappa shape index (κ3) is 0.937. The lowest BCUT2D eigenvalue weighted by molar-refractivity contribution is 0.109. The van der Waals surface area contributed by atoms with Crippen molar-refractivity contribution in [1.82, 2.24) is 0 Å². The van der Waals surface area contributed by atoms with Crippen molar-refractivity contribution in [2.75, 3.05) is 7.11 Å². The molecule has 0 aromatic carbocycles. The normalized spacial score (nSPS) is 9.00. The largest absolute Gasteiger partial charge is 0.493 e. The molecule has 9 heavy (non-hydrogen) atoms. The van der Waals surface area contributed by atoms with Crippen molar-refractivity contribution in [3.63, 3.8) is 0 Å². The Bertz CT molecular complexity index is 202. The first kappa shape index (κ1) is 5.88. The zero-order valence-electron chi connectivity index (χ0n) is 4.96. The third-order valence-corrected chi connectivity index (χ3v) is 0.984. The van der Waals surface area contributed by atoms with Crippen LogP contribution in [0.4, 0.5) is 0 Å². The number of hydrogen-bond acceptors (Lipinski definition) is 3. The van der Waals surface area contributed by atoms with E-state index in [1.807, 2.05) is 0 Å². The maximum absolute atomic E-state index is 10.1. The Balaban J connectivity index is 2.98. The van der Waals surface area contributed by atoms with Gasteiger partial charge in [-0.2, -0.15) is 0 Å². The Morgan fingerprint density at radius 3 is 3.00 bits per heavy atom. The molecule has 1 aromatic heterocycles. The highest BCUT2D eigenvalue weighted by atomic mass is 16.5. The Morgan fingerprint density at radius 2 is 2.56 bits per heavy atom. The summed E-state index contributed by atoms with van der Waals surface area (Å²) < 4.78 is 9.46. The third-order valence-electron chi connectivity index (χ3n) is 0.984. The number of carbonyl (C=O) groups is 1. The zero-order chi connectivity index (χ0) is 6.69. The molecule has 48 valence electrons. The maximum Gasteiger partial charge on any atom is 0.208 e. The van der Waals surface area contributed by atoms with Crippen molar-refractivity contribution >= 4 is 6.29 Å². The molecule has 0 amide bonds. The van der Waals surface area contributed by atoms with Crippen molar-refractivity contribution in [3.05, 3.63) is 18.1 Å². The first-order valence-electron chi connectivity index (χ1n) is 2.45. The number of hydrogen-bond donors (Lipinski definition) is 0. The number of carbonyl (C=O) groups excluding carboxylic acids is 1. The fourth-order valence-corrected chi connectivity index (χ4v) is 0.564. The monoisotopic (exact) mass is 126 g/mol. The van der Waals surface area contributed by atoms with E-state index < -0.39 is 0 Å². The summed E-state index contributed by atoms with van der Waals surface area (Å²) in [4.78, 5) is 10.1. The lowest BCUT2D eigenvalue weighted by Gasteiger charge is -1.90. The minimum atomic E-state index is 0.234. The Labute approximate surface area is 52.2 Å². The molecule has 0 saturated heterocycles. The van der Waals surface area contributed by atoms with E-state index >= 15 is 0 Å². The number of rotatable bonds is 2. The molecule has 0 bridgehead atoms. The van der Waals surface area contributed by atoms with E-state index in [4.69, 9.17) is 9.15 Å². The molecule has 0 aliphatic carbocycles. The average molecular weight is 126 g/mol. The molecular weight excluding hydrogens is 120 g/mol. The van der Waals surface area contributed by atoms with Crippen molar-refractivity contribution in [3.8, 4) is 5.75 Å². The molecular formula is C6H6O3. The quantitative estimate of drug-likeness (QED) is 0.557. The highest BCUT2D eigenvalue weighted by Crippen LogP contribution is 2.15. The lowest BCUT2D eigenvalue weighted by atomic mass is 10.4. The molecule has 0 aliphatic rings. The molecule has 0 N–H and O–H groups in total. The van der Waals surface area contributed by atoms with Crippen LogP contribution in [0.1, 0.15) is 10.6 Å². The van der Waals surface area contributed by atoms with Crippen LogP contribution in [0.3, 0.4) is 0 Å². The van der Waals surface area contributed by atoms with Gasteiger partial charge < -0.3 is 9.15 Å². The van der Waals surface area contributed by atoms with E-state index in [-0.39, 0.29) is 5.76 Å². The molecule has 0 radical (unpaired) electrons. The molecule has 1 aromatic rings. The fraction of sp³-hybridized carbons (Fsp3) is 0.167. The van der Waals surface area contributed by atoms with E-state index in [1.165, 1.54) is 13.4 Å². The standard InChI is InChI=1S/C6H6O3/c1-8-5-2-3-9-6(5)4-7/h2-4H,1H3. The van der Waals surface area contributed by atoms with Gasteiger partial charge in [-0.25, -0.2) is 0 Å². The van der Waals surface area contributed by atoms with E-state index in [0.717, 1.165) is 0 Å². The van der Waals surface area contributed by atoms with Gasteiger partial charge in [0, 0.05) is 6.07 Å². The SMILES string of the molecule is COc1ccoc1C=O. The average Bonchev–Trinajstić information content (AvgIpc) is 2.33. The number of furan rings is 1. The van der Waals surface area contributed by atoms with E-state index in [9.17, 15) is 4.79 Å². The van der Waals surface area contributed by atoms with Crippen molar-refractivity contribution < 1.29 is 13.9 Å². The second kappa shape index (κ2) is 2.35. The van der Waals surface area contributed by atoms with Crippen LogP contribution in [-0.4, -0.2) is 13.4 Å². The summed E-state index contributed by atoms with van der Waals surface area (Å²) in [6, 6.07) is 1.59. The van der Waals surface area contributed by atoms with Gasteiger partial charge >= 0.3 is 0 Å². The van der Waals surface area contributed by atoms with Gasteiger partial charge in [-0.3, -0.25) is 4.79 Å². The molecule has 3 nitrogen and oxygen atoms in total. The summed E-state index contributed by atoms with van der Waals surface area (Å²) in [5.74, 6) is 0.711. The fourth-order valence-electron chi connectivity index (χ4n) is 0.564. The van der Waals surface area contributed by atoms with Gasteiger partial charge in [-0.15, -0.1) is 0 Å². The number of ether oxygens (including phenoxy) is 1.